The molecule has 2 aromatic heterocycles. The number of carbonyl (C=O) groups is 1. The van der Waals surface area contributed by atoms with Crippen molar-refractivity contribution in [2.75, 3.05) is 31.1 Å². The Bertz CT molecular complexity index is 671. The number of aryl methyl sites for hydroxylation is 1. The zero-order chi connectivity index (χ0) is 15.1. The number of nitrogens with zero attached hydrogens (tertiary/aromatic N) is 5. The predicted molar refractivity (Wildman–Crippen MR) is 80.5 cm³/mol. The maximum absolute atomic E-state index is 12.4. The van der Waals surface area contributed by atoms with Crippen LogP contribution in [0.1, 0.15) is 16.1 Å². The van der Waals surface area contributed by atoms with Crippen LogP contribution in [-0.2, 0) is 0 Å². The number of hydrogen-bond donors (Lipinski definition) is 1. The van der Waals surface area contributed by atoms with Crippen molar-refractivity contribution >= 4 is 11.7 Å². The number of carbonyl (C=O) groups excluding carboxylic acids is 1. The Morgan fingerprint density at radius 2 is 1.95 bits per heavy atom. The second kappa shape index (κ2) is 5.08. The first-order valence-corrected chi connectivity index (χ1v) is 7.51. The summed E-state index contributed by atoms with van der Waals surface area (Å²) in [6, 6.07) is 0. The zero-order valence-electron chi connectivity index (χ0n) is 12.4. The zero-order valence-corrected chi connectivity index (χ0v) is 12.4. The molecule has 2 fully saturated rings. The molecule has 0 bridgehead atoms. The highest BCUT2D eigenvalue weighted by molar-refractivity contribution is 5.92. The molecule has 1 N–H and O–H groups in total. The molecule has 0 spiro atoms. The minimum Gasteiger partial charge on any atom is -0.356 e. The van der Waals surface area contributed by atoms with Gasteiger partial charge < -0.3 is 14.8 Å². The van der Waals surface area contributed by atoms with E-state index in [0.29, 0.717) is 17.5 Å². The van der Waals surface area contributed by atoms with E-state index in [4.69, 9.17) is 0 Å². The van der Waals surface area contributed by atoms with E-state index >= 15 is 0 Å². The molecular formula is C15H18N6O. The first kappa shape index (κ1) is 13.2. The van der Waals surface area contributed by atoms with Gasteiger partial charge in [0, 0.05) is 49.8 Å². The van der Waals surface area contributed by atoms with Crippen LogP contribution in [0.4, 0.5) is 5.82 Å². The van der Waals surface area contributed by atoms with Gasteiger partial charge in [-0.05, 0) is 6.92 Å². The summed E-state index contributed by atoms with van der Waals surface area (Å²) in [5, 5.41) is 0. The van der Waals surface area contributed by atoms with Gasteiger partial charge in [0.05, 0.1) is 12.5 Å². The lowest BCUT2D eigenvalue weighted by Gasteiger charge is -2.23. The predicted octanol–water partition coefficient (Wildman–Crippen LogP) is 0.717. The van der Waals surface area contributed by atoms with E-state index in [1.807, 2.05) is 18.0 Å². The van der Waals surface area contributed by atoms with E-state index in [0.717, 1.165) is 37.6 Å². The van der Waals surface area contributed by atoms with Gasteiger partial charge in [0.1, 0.15) is 17.8 Å². The lowest BCUT2D eigenvalue weighted by atomic mass is 10.0. The monoisotopic (exact) mass is 298 g/mol. The first-order chi connectivity index (χ1) is 10.7. The number of aromatic nitrogens is 4. The molecule has 0 saturated carbocycles. The fourth-order valence-electron chi connectivity index (χ4n) is 3.60. The Hall–Kier alpha value is -2.44. The molecule has 22 heavy (non-hydrogen) atoms. The average molecular weight is 298 g/mol. The second-order valence-corrected chi connectivity index (χ2v) is 6.13. The Morgan fingerprint density at radius 1 is 1.18 bits per heavy atom. The minimum atomic E-state index is 0.0525. The van der Waals surface area contributed by atoms with Crippen molar-refractivity contribution in [1.82, 2.24) is 24.8 Å². The third kappa shape index (κ3) is 2.13. The van der Waals surface area contributed by atoms with Gasteiger partial charge in [0.15, 0.2) is 0 Å². The van der Waals surface area contributed by atoms with Crippen molar-refractivity contribution in [3.05, 3.63) is 36.3 Å². The number of hydrogen-bond acceptors (Lipinski definition) is 5. The number of anilines is 1. The molecule has 0 aliphatic carbocycles. The Kier molecular flexibility index (Phi) is 3.06. The van der Waals surface area contributed by atoms with Gasteiger partial charge in [-0.3, -0.25) is 4.79 Å². The summed E-state index contributed by atoms with van der Waals surface area (Å²) in [5.74, 6) is 2.11. The summed E-state index contributed by atoms with van der Waals surface area (Å²) in [7, 11) is 0. The average Bonchev–Trinajstić information content (AvgIpc) is 3.22. The van der Waals surface area contributed by atoms with Crippen LogP contribution in [0.15, 0.2) is 25.0 Å². The second-order valence-electron chi connectivity index (χ2n) is 6.13. The van der Waals surface area contributed by atoms with Crippen molar-refractivity contribution in [1.29, 1.82) is 0 Å². The number of likely N-dealkylation sites (tertiary alicyclic amines) is 1. The van der Waals surface area contributed by atoms with Crippen LogP contribution in [0, 0.1) is 18.8 Å². The molecule has 0 radical (unpaired) electrons. The van der Waals surface area contributed by atoms with Crippen molar-refractivity contribution in [3.63, 3.8) is 0 Å². The smallest absolute Gasteiger partial charge is 0.271 e. The Morgan fingerprint density at radius 3 is 2.59 bits per heavy atom. The standard InChI is InChI=1S/C15H18N6O/c1-10-2-16-9-19-14(10)20-4-11-6-21(7-12(11)5-20)15(22)13-3-17-8-18-13/h2-3,8-9,11-12H,4-7H2,1H3,(H,17,18). The highest BCUT2D eigenvalue weighted by Gasteiger charge is 2.42. The fourth-order valence-corrected chi connectivity index (χ4v) is 3.60. The SMILES string of the molecule is Cc1cncnc1N1CC2CN(C(=O)c3cnc[nH]3)CC2C1. The van der Waals surface area contributed by atoms with Crippen LogP contribution in [-0.4, -0.2) is 56.9 Å². The molecule has 114 valence electrons. The number of rotatable bonds is 2. The summed E-state index contributed by atoms with van der Waals surface area (Å²) in [6.07, 6.45) is 6.59. The van der Waals surface area contributed by atoms with Gasteiger partial charge in [0.25, 0.3) is 5.91 Å². The summed E-state index contributed by atoms with van der Waals surface area (Å²) >= 11 is 0. The number of H-pyrrole nitrogens is 1. The van der Waals surface area contributed by atoms with Gasteiger partial charge in [-0.1, -0.05) is 0 Å². The summed E-state index contributed by atoms with van der Waals surface area (Å²) in [4.78, 5) is 31.9. The quantitative estimate of drug-likeness (QED) is 0.884. The third-order valence-electron chi connectivity index (χ3n) is 4.67. The molecule has 2 aromatic rings. The summed E-state index contributed by atoms with van der Waals surface area (Å²) < 4.78 is 0. The van der Waals surface area contributed by atoms with E-state index in [1.54, 1.807) is 18.9 Å². The molecule has 1 amide bonds. The summed E-state index contributed by atoms with van der Waals surface area (Å²) in [5.41, 5.74) is 1.68. The largest absolute Gasteiger partial charge is 0.356 e. The molecule has 7 nitrogen and oxygen atoms in total. The van der Waals surface area contributed by atoms with E-state index in [9.17, 15) is 4.79 Å². The number of fused-ring (bicyclic) bond motifs is 1. The molecule has 0 aromatic carbocycles. The lowest BCUT2D eigenvalue weighted by Crippen LogP contribution is -2.33. The molecule has 2 aliphatic heterocycles. The molecule has 2 aliphatic rings. The highest BCUT2D eigenvalue weighted by Crippen LogP contribution is 2.34. The van der Waals surface area contributed by atoms with Gasteiger partial charge in [0.2, 0.25) is 0 Å². The van der Waals surface area contributed by atoms with Crippen molar-refractivity contribution in [3.8, 4) is 0 Å². The van der Waals surface area contributed by atoms with E-state index in [-0.39, 0.29) is 5.91 Å². The van der Waals surface area contributed by atoms with Crippen LogP contribution in [0.25, 0.3) is 0 Å². The van der Waals surface area contributed by atoms with Crippen molar-refractivity contribution in [2.24, 2.45) is 11.8 Å². The number of amides is 1. The number of imidazole rings is 1. The molecule has 4 heterocycles. The van der Waals surface area contributed by atoms with Crippen LogP contribution >= 0.6 is 0 Å². The maximum atomic E-state index is 12.4. The third-order valence-corrected chi connectivity index (χ3v) is 4.67. The Balaban J connectivity index is 1.45. The topological polar surface area (TPSA) is 78.0 Å². The van der Waals surface area contributed by atoms with Gasteiger partial charge >= 0.3 is 0 Å². The van der Waals surface area contributed by atoms with Crippen LogP contribution < -0.4 is 4.90 Å². The van der Waals surface area contributed by atoms with Gasteiger partial charge in [-0.2, -0.15) is 0 Å². The van der Waals surface area contributed by atoms with Crippen LogP contribution in [0.2, 0.25) is 0 Å². The fraction of sp³-hybridized carbons (Fsp3) is 0.467. The highest BCUT2D eigenvalue weighted by atomic mass is 16.2. The summed E-state index contributed by atoms with van der Waals surface area (Å²) in [6.45, 7) is 5.56. The van der Waals surface area contributed by atoms with Gasteiger partial charge in [-0.15, -0.1) is 0 Å². The van der Waals surface area contributed by atoms with E-state index in [1.165, 1.54) is 0 Å². The van der Waals surface area contributed by atoms with Crippen LogP contribution in [0.3, 0.4) is 0 Å². The minimum absolute atomic E-state index is 0.0525. The number of aromatic amines is 1. The van der Waals surface area contributed by atoms with Gasteiger partial charge in [-0.25, -0.2) is 15.0 Å². The molecule has 2 unspecified atom stereocenters. The molecule has 2 saturated heterocycles. The molecule has 2 atom stereocenters. The van der Waals surface area contributed by atoms with Crippen molar-refractivity contribution in [2.45, 2.75) is 6.92 Å². The maximum Gasteiger partial charge on any atom is 0.271 e. The molecule has 7 heteroatoms. The first-order valence-electron chi connectivity index (χ1n) is 7.51. The van der Waals surface area contributed by atoms with Crippen molar-refractivity contribution < 1.29 is 4.79 Å². The molecule has 4 rings (SSSR count). The van der Waals surface area contributed by atoms with Crippen LogP contribution in [0.5, 0.6) is 0 Å². The molecular weight excluding hydrogens is 280 g/mol. The Labute approximate surface area is 128 Å². The normalized spacial score (nSPS) is 23.9. The number of nitrogens with one attached hydrogen (secondary N) is 1. The van der Waals surface area contributed by atoms with E-state index < -0.39 is 0 Å². The van der Waals surface area contributed by atoms with E-state index in [2.05, 4.69) is 24.8 Å². The lowest BCUT2D eigenvalue weighted by molar-refractivity contribution is 0.0777.